The summed E-state index contributed by atoms with van der Waals surface area (Å²) in [6.07, 6.45) is 3.70. The molecule has 1 aliphatic heterocycles. The average Bonchev–Trinajstić information content (AvgIpc) is 2.98. The molecule has 6 nitrogen and oxygen atoms in total. The molecule has 0 saturated carbocycles. The Bertz CT molecular complexity index is 1220. The number of Topliss-reactive ketones (excluding diaryl/α,β-unsaturated/α-hetero) is 1. The summed E-state index contributed by atoms with van der Waals surface area (Å²) in [7, 11) is 1.61. The Morgan fingerprint density at radius 3 is 2.31 bits per heavy atom. The minimum Gasteiger partial charge on any atom is -0.495 e. The van der Waals surface area contributed by atoms with Crippen LogP contribution in [0, 0.1) is 11.7 Å². The van der Waals surface area contributed by atoms with Gasteiger partial charge in [0.05, 0.1) is 12.8 Å². The summed E-state index contributed by atoms with van der Waals surface area (Å²) < 4.78 is 18.8. The topological polar surface area (TPSA) is 61.9 Å². The van der Waals surface area contributed by atoms with E-state index in [1.807, 2.05) is 48.5 Å². The Hall–Kier alpha value is -3.71. The van der Waals surface area contributed by atoms with E-state index in [1.54, 1.807) is 24.1 Å². The van der Waals surface area contributed by atoms with Gasteiger partial charge in [0.2, 0.25) is 0 Å². The van der Waals surface area contributed by atoms with Gasteiger partial charge < -0.3 is 19.9 Å². The minimum absolute atomic E-state index is 0.0666. The van der Waals surface area contributed by atoms with Crippen molar-refractivity contribution in [3.05, 3.63) is 89.7 Å². The van der Waals surface area contributed by atoms with Crippen LogP contribution in [0.2, 0.25) is 0 Å². The maximum atomic E-state index is 13.7. The number of ether oxygens (including phenoxy) is 1. The molecule has 0 unspecified atom stereocenters. The number of benzene rings is 3. The number of nitrogens with one attached hydrogen (secondary N) is 1. The molecule has 1 amide bonds. The molecule has 39 heavy (non-hydrogen) atoms. The molecule has 3 aromatic rings. The maximum Gasteiger partial charge on any atom is 0.258 e. The summed E-state index contributed by atoms with van der Waals surface area (Å²) in [5.74, 6) is 0.236. The molecule has 0 radical (unpaired) electrons. The highest BCUT2D eigenvalue weighted by molar-refractivity contribution is 6.07. The van der Waals surface area contributed by atoms with E-state index < -0.39 is 0 Å². The van der Waals surface area contributed by atoms with E-state index in [2.05, 4.69) is 17.1 Å². The van der Waals surface area contributed by atoms with Crippen LogP contribution in [0.3, 0.4) is 0 Å². The average molecular weight is 532 g/mol. The first-order valence-electron chi connectivity index (χ1n) is 13.8. The first-order chi connectivity index (χ1) is 19.0. The molecule has 206 valence electrons. The second kappa shape index (κ2) is 13.9. The number of anilines is 2. The SMILES string of the molecule is CCCCNc1ccc(C(=O)N(CCN2CCC(C(=O)c3ccc(F)cc3)CC2)c2ccccc2OC)cc1. The van der Waals surface area contributed by atoms with Gasteiger partial charge in [-0.15, -0.1) is 0 Å². The fraction of sp³-hybridized carbons (Fsp3) is 0.375. The number of piperidine rings is 1. The normalized spacial score (nSPS) is 14.1. The second-order valence-corrected chi connectivity index (χ2v) is 9.97. The van der Waals surface area contributed by atoms with Crippen LogP contribution in [0.4, 0.5) is 15.8 Å². The van der Waals surface area contributed by atoms with E-state index in [-0.39, 0.29) is 23.4 Å². The van der Waals surface area contributed by atoms with Crippen molar-refractivity contribution in [1.29, 1.82) is 0 Å². The smallest absolute Gasteiger partial charge is 0.258 e. The number of hydrogen-bond acceptors (Lipinski definition) is 5. The molecule has 0 atom stereocenters. The lowest BCUT2D eigenvalue weighted by molar-refractivity contribution is 0.0841. The van der Waals surface area contributed by atoms with Gasteiger partial charge in [-0.1, -0.05) is 25.5 Å². The van der Waals surface area contributed by atoms with Gasteiger partial charge in [-0.3, -0.25) is 9.59 Å². The second-order valence-electron chi connectivity index (χ2n) is 9.97. The lowest BCUT2D eigenvalue weighted by Crippen LogP contribution is -2.43. The predicted octanol–water partition coefficient (Wildman–Crippen LogP) is 6.29. The summed E-state index contributed by atoms with van der Waals surface area (Å²) in [4.78, 5) is 30.7. The number of methoxy groups -OCH3 is 1. The van der Waals surface area contributed by atoms with Crippen molar-refractivity contribution >= 4 is 23.1 Å². The minimum atomic E-state index is -0.338. The highest BCUT2D eigenvalue weighted by atomic mass is 19.1. The number of amides is 1. The summed E-state index contributed by atoms with van der Waals surface area (Å²) in [6.45, 7) is 5.77. The van der Waals surface area contributed by atoms with Gasteiger partial charge in [-0.25, -0.2) is 4.39 Å². The van der Waals surface area contributed by atoms with Crippen molar-refractivity contribution in [3.63, 3.8) is 0 Å². The quantitative estimate of drug-likeness (QED) is 0.220. The maximum absolute atomic E-state index is 13.7. The van der Waals surface area contributed by atoms with Gasteiger partial charge >= 0.3 is 0 Å². The summed E-state index contributed by atoms with van der Waals surface area (Å²) in [6, 6.07) is 21.0. The predicted molar refractivity (Wildman–Crippen MR) is 154 cm³/mol. The van der Waals surface area contributed by atoms with E-state index in [9.17, 15) is 14.0 Å². The third kappa shape index (κ3) is 7.45. The van der Waals surface area contributed by atoms with Crippen LogP contribution in [0.15, 0.2) is 72.8 Å². The van der Waals surface area contributed by atoms with Crippen molar-refractivity contribution in [1.82, 2.24) is 4.90 Å². The molecule has 3 aromatic carbocycles. The van der Waals surface area contributed by atoms with Gasteiger partial charge in [-0.05, 0) is 93.0 Å². The monoisotopic (exact) mass is 531 g/mol. The zero-order valence-corrected chi connectivity index (χ0v) is 22.9. The standard InChI is InChI=1S/C32H38FN3O3/c1-3-4-19-34-28-15-11-26(12-16-28)32(38)36(29-7-5-6-8-30(29)39-2)23-22-35-20-17-25(18-21-35)31(37)24-9-13-27(33)14-10-24/h5-16,25,34H,3-4,17-23H2,1-2H3. The van der Waals surface area contributed by atoms with Crippen LogP contribution in [-0.2, 0) is 0 Å². The van der Waals surface area contributed by atoms with Crippen LogP contribution < -0.4 is 15.0 Å². The number of rotatable bonds is 12. The highest BCUT2D eigenvalue weighted by Gasteiger charge is 2.27. The van der Waals surface area contributed by atoms with Gasteiger partial charge in [0, 0.05) is 42.4 Å². The van der Waals surface area contributed by atoms with Gasteiger partial charge in [0.15, 0.2) is 5.78 Å². The summed E-state index contributed by atoms with van der Waals surface area (Å²) in [5, 5.41) is 3.39. The summed E-state index contributed by atoms with van der Waals surface area (Å²) in [5.41, 5.74) is 2.92. The fourth-order valence-electron chi connectivity index (χ4n) is 4.99. The number of likely N-dealkylation sites (tertiary alicyclic amines) is 1. The molecule has 1 N–H and O–H groups in total. The number of carbonyl (C=O) groups is 2. The van der Waals surface area contributed by atoms with Crippen molar-refractivity contribution in [3.8, 4) is 5.75 Å². The van der Waals surface area contributed by atoms with E-state index in [0.29, 0.717) is 30.0 Å². The van der Waals surface area contributed by atoms with E-state index in [4.69, 9.17) is 4.74 Å². The molecular formula is C32H38FN3O3. The lowest BCUT2D eigenvalue weighted by Gasteiger charge is -2.33. The first-order valence-corrected chi connectivity index (χ1v) is 13.8. The zero-order chi connectivity index (χ0) is 27.6. The lowest BCUT2D eigenvalue weighted by atomic mass is 9.89. The first kappa shape index (κ1) is 28.3. The van der Waals surface area contributed by atoms with Crippen LogP contribution in [0.5, 0.6) is 5.75 Å². The third-order valence-electron chi connectivity index (χ3n) is 7.34. The molecule has 0 aliphatic carbocycles. The van der Waals surface area contributed by atoms with Gasteiger partial charge in [0.25, 0.3) is 5.91 Å². The number of para-hydroxylation sites is 2. The number of nitrogens with zero attached hydrogens (tertiary/aromatic N) is 2. The van der Waals surface area contributed by atoms with Crippen LogP contribution >= 0.6 is 0 Å². The molecule has 0 spiro atoms. The molecule has 7 heteroatoms. The third-order valence-corrected chi connectivity index (χ3v) is 7.34. The number of halogens is 1. The molecule has 4 rings (SSSR count). The highest BCUT2D eigenvalue weighted by Crippen LogP contribution is 2.30. The van der Waals surface area contributed by atoms with E-state index in [1.165, 1.54) is 12.1 Å². The Morgan fingerprint density at radius 2 is 1.64 bits per heavy atom. The molecular weight excluding hydrogens is 493 g/mol. The van der Waals surface area contributed by atoms with Crippen molar-refractivity contribution in [2.24, 2.45) is 5.92 Å². The Balaban J connectivity index is 1.41. The Labute approximate surface area is 230 Å². The number of unbranched alkanes of at least 4 members (excludes halogenated alkanes) is 1. The zero-order valence-electron chi connectivity index (χ0n) is 22.9. The summed E-state index contributed by atoms with van der Waals surface area (Å²) >= 11 is 0. The molecule has 0 bridgehead atoms. The Kier molecular flexibility index (Phi) is 10.1. The fourth-order valence-corrected chi connectivity index (χ4v) is 4.99. The van der Waals surface area contributed by atoms with Crippen LogP contribution in [0.25, 0.3) is 0 Å². The van der Waals surface area contributed by atoms with E-state index in [0.717, 1.165) is 56.7 Å². The molecule has 0 aromatic heterocycles. The molecule has 1 heterocycles. The van der Waals surface area contributed by atoms with Gasteiger partial charge in [0.1, 0.15) is 11.6 Å². The van der Waals surface area contributed by atoms with E-state index >= 15 is 0 Å². The van der Waals surface area contributed by atoms with Crippen LogP contribution in [-0.4, -0.2) is 56.4 Å². The number of carbonyl (C=O) groups excluding carboxylic acids is 2. The molecule has 1 aliphatic rings. The molecule has 1 saturated heterocycles. The largest absolute Gasteiger partial charge is 0.495 e. The number of hydrogen-bond donors (Lipinski definition) is 1. The van der Waals surface area contributed by atoms with Crippen molar-refractivity contribution in [2.75, 3.05) is 50.1 Å². The number of ketones is 1. The van der Waals surface area contributed by atoms with Crippen molar-refractivity contribution in [2.45, 2.75) is 32.6 Å². The molecule has 1 fully saturated rings. The van der Waals surface area contributed by atoms with Crippen molar-refractivity contribution < 1.29 is 18.7 Å². The van der Waals surface area contributed by atoms with Gasteiger partial charge in [-0.2, -0.15) is 0 Å². The Morgan fingerprint density at radius 1 is 0.974 bits per heavy atom. The van der Waals surface area contributed by atoms with Crippen LogP contribution in [0.1, 0.15) is 53.3 Å².